The predicted molar refractivity (Wildman–Crippen MR) is 103 cm³/mol. The van der Waals surface area contributed by atoms with Crippen molar-refractivity contribution in [3.63, 3.8) is 0 Å². The van der Waals surface area contributed by atoms with E-state index in [2.05, 4.69) is 5.16 Å². The lowest BCUT2D eigenvalue weighted by atomic mass is 10.1. The smallest absolute Gasteiger partial charge is 0.343 e. The fourth-order valence-electron chi connectivity index (χ4n) is 3.65. The molecule has 0 aliphatic carbocycles. The number of thioether (sulfide) groups is 1. The van der Waals surface area contributed by atoms with Gasteiger partial charge in [0.1, 0.15) is 5.69 Å². The van der Waals surface area contributed by atoms with E-state index in [-0.39, 0.29) is 12.5 Å². The van der Waals surface area contributed by atoms with Gasteiger partial charge in [0, 0.05) is 29.4 Å². The Balaban J connectivity index is 1.34. The summed E-state index contributed by atoms with van der Waals surface area (Å²) < 4.78 is 10.9. The van der Waals surface area contributed by atoms with E-state index in [0.717, 1.165) is 16.1 Å². The van der Waals surface area contributed by atoms with Crippen molar-refractivity contribution >= 4 is 29.3 Å². The van der Waals surface area contributed by atoms with Crippen LogP contribution in [0.1, 0.15) is 18.6 Å². The normalized spacial score (nSPS) is 20.1. The summed E-state index contributed by atoms with van der Waals surface area (Å²) in [6.07, 6.45) is 0.757. The number of hydrogen-bond acceptors (Lipinski definition) is 6. The number of nitrogens with zero attached hydrogens (tertiary/aromatic N) is 2. The summed E-state index contributed by atoms with van der Waals surface area (Å²) in [5, 5.41) is 4.04. The average Bonchev–Trinajstić information content (AvgIpc) is 3.41. The van der Waals surface area contributed by atoms with Gasteiger partial charge in [-0.3, -0.25) is 9.69 Å². The van der Waals surface area contributed by atoms with Crippen LogP contribution in [-0.4, -0.2) is 21.9 Å². The molecule has 5 rings (SSSR count). The third-order valence-corrected chi connectivity index (χ3v) is 6.42. The van der Waals surface area contributed by atoms with E-state index in [1.54, 1.807) is 11.0 Å². The maximum absolute atomic E-state index is 13.0. The van der Waals surface area contributed by atoms with Crippen LogP contribution in [0.15, 0.2) is 70.1 Å². The number of carbonyl (C=O) groups is 2. The summed E-state index contributed by atoms with van der Waals surface area (Å²) in [5.41, 5.74) is 2.39. The number of amides is 1. The molecule has 2 aliphatic rings. The van der Waals surface area contributed by atoms with E-state index in [0.29, 0.717) is 24.3 Å². The highest BCUT2D eigenvalue weighted by molar-refractivity contribution is 8.02. The number of para-hydroxylation sites is 1. The molecule has 6 nitrogen and oxygen atoms in total. The minimum atomic E-state index is -1.02. The zero-order chi connectivity index (χ0) is 19.1. The van der Waals surface area contributed by atoms with Crippen LogP contribution in [0, 0.1) is 0 Å². The standard InChI is InChI=1S/C21H16N2O4S/c24-19-10-11-21(23(19)17-8-4-5-9-18(17)28-21)20(25)26-13-15-12-16(22-27-15)14-6-2-1-3-7-14/h1-9,12H,10-11,13H2. The first-order chi connectivity index (χ1) is 13.7. The van der Waals surface area contributed by atoms with E-state index in [1.807, 2.05) is 54.6 Å². The molecule has 0 bridgehead atoms. The highest BCUT2D eigenvalue weighted by Gasteiger charge is 2.58. The van der Waals surface area contributed by atoms with Crippen molar-refractivity contribution in [2.45, 2.75) is 29.2 Å². The number of hydrogen-bond donors (Lipinski definition) is 0. The molecule has 1 amide bonds. The highest BCUT2D eigenvalue weighted by Crippen LogP contribution is 2.56. The van der Waals surface area contributed by atoms with Crippen LogP contribution in [0.2, 0.25) is 0 Å². The number of fused-ring (bicyclic) bond motifs is 3. The van der Waals surface area contributed by atoms with Crippen LogP contribution in [0.4, 0.5) is 5.69 Å². The van der Waals surface area contributed by atoms with Crippen molar-refractivity contribution in [1.82, 2.24) is 5.16 Å². The zero-order valence-corrected chi connectivity index (χ0v) is 15.6. The maximum Gasteiger partial charge on any atom is 0.343 e. The average molecular weight is 392 g/mol. The van der Waals surface area contributed by atoms with Gasteiger partial charge in [-0.1, -0.05) is 59.4 Å². The number of benzene rings is 2. The third kappa shape index (κ3) is 2.62. The first-order valence-corrected chi connectivity index (χ1v) is 9.78. The van der Waals surface area contributed by atoms with E-state index in [4.69, 9.17) is 9.26 Å². The van der Waals surface area contributed by atoms with Gasteiger partial charge < -0.3 is 9.26 Å². The molecule has 0 radical (unpaired) electrons. The fraction of sp³-hybridized carbons (Fsp3) is 0.190. The van der Waals surface area contributed by atoms with Gasteiger partial charge in [-0.05, 0) is 12.1 Å². The molecular formula is C21H16N2O4S. The van der Waals surface area contributed by atoms with E-state index < -0.39 is 10.8 Å². The lowest BCUT2D eigenvalue weighted by Gasteiger charge is -2.28. The van der Waals surface area contributed by atoms with E-state index >= 15 is 0 Å². The van der Waals surface area contributed by atoms with E-state index in [9.17, 15) is 9.59 Å². The zero-order valence-electron chi connectivity index (χ0n) is 14.8. The summed E-state index contributed by atoms with van der Waals surface area (Å²) in [7, 11) is 0. The van der Waals surface area contributed by atoms with Crippen molar-refractivity contribution in [3.8, 4) is 11.3 Å². The van der Waals surface area contributed by atoms with Crippen molar-refractivity contribution in [2.24, 2.45) is 0 Å². The van der Waals surface area contributed by atoms with Crippen LogP contribution in [-0.2, 0) is 20.9 Å². The molecule has 2 aliphatic heterocycles. The summed E-state index contributed by atoms with van der Waals surface area (Å²) in [5.74, 6) is -0.0300. The van der Waals surface area contributed by atoms with Crippen LogP contribution < -0.4 is 4.90 Å². The fourth-order valence-corrected chi connectivity index (χ4v) is 5.06. The van der Waals surface area contributed by atoms with Crippen molar-refractivity contribution in [2.75, 3.05) is 4.90 Å². The minimum absolute atomic E-state index is 0.0284. The molecule has 0 saturated carbocycles. The van der Waals surface area contributed by atoms with E-state index in [1.165, 1.54) is 11.8 Å². The van der Waals surface area contributed by atoms with Crippen LogP contribution in [0.25, 0.3) is 11.3 Å². The number of rotatable bonds is 4. The van der Waals surface area contributed by atoms with Gasteiger partial charge in [0.15, 0.2) is 17.2 Å². The van der Waals surface area contributed by atoms with Crippen molar-refractivity contribution in [1.29, 1.82) is 0 Å². The van der Waals surface area contributed by atoms with Gasteiger partial charge in [-0.2, -0.15) is 0 Å². The molecule has 140 valence electrons. The molecule has 3 aromatic rings. The summed E-state index contributed by atoms with van der Waals surface area (Å²) in [6, 6.07) is 18.9. The number of esters is 1. The second kappa shape index (κ2) is 6.53. The SMILES string of the molecule is O=C1CCC2(C(=O)OCc3cc(-c4ccccc4)no3)Sc3ccccc3N12. The molecule has 3 heterocycles. The maximum atomic E-state index is 13.0. The Morgan fingerprint density at radius 2 is 1.96 bits per heavy atom. The molecular weight excluding hydrogens is 376 g/mol. The third-order valence-electron chi connectivity index (χ3n) is 4.97. The second-order valence-corrected chi connectivity index (χ2v) is 8.02. The molecule has 1 fully saturated rings. The van der Waals surface area contributed by atoms with Gasteiger partial charge in [0.05, 0.1) is 5.69 Å². The first-order valence-electron chi connectivity index (χ1n) is 8.97. The Morgan fingerprint density at radius 3 is 2.82 bits per heavy atom. The second-order valence-electron chi connectivity index (χ2n) is 6.70. The largest absolute Gasteiger partial charge is 0.455 e. The number of carbonyl (C=O) groups excluding carboxylic acids is 2. The predicted octanol–water partition coefficient (Wildman–Crippen LogP) is 4.01. The molecule has 2 aromatic carbocycles. The monoisotopic (exact) mass is 392 g/mol. The first kappa shape index (κ1) is 17.1. The van der Waals surface area contributed by atoms with Gasteiger partial charge in [-0.25, -0.2) is 4.79 Å². The van der Waals surface area contributed by atoms with Gasteiger partial charge in [0.2, 0.25) is 5.91 Å². The number of anilines is 1. The summed E-state index contributed by atoms with van der Waals surface area (Å²) in [4.78, 5) is 26.9. The summed E-state index contributed by atoms with van der Waals surface area (Å²) >= 11 is 1.39. The Bertz CT molecular complexity index is 1070. The van der Waals surface area contributed by atoms with Gasteiger partial charge in [0.25, 0.3) is 0 Å². The topological polar surface area (TPSA) is 72.6 Å². The highest BCUT2D eigenvalue weighted by atomic mass is 32.2. The molecule has 1 atom stereocenters. The molecule has 1 aromatic heterocycles. The van der Waals surface area contributed by atoms with Crippen LogP contribution in [0.3, 0.4) is 0 Å². The molecule has 1 saturated heterocycles. The Labute approximate surface area is 165 Å². The van der Waals surface area contributed by atoms with Crippen molar-refractivity contribution < 1.29 is 18.8 Å². The number of ether oxygens (including phenoxy) is 1. The van der Waals surface area contributed by atoms with Crippen LogP contribution >= 0.6 is 11.8 Å². The minimum Gasteiger partial charge on any atom is -0.455 e. The Kier molecular flexibility index (Phi) is 3.98. The summed E-state index contributed by atoms with van der Waals surface area (Å²) in [6.45, 7) is -0.0284. The Hall–Kier alpha value is -3.06. The van der Waals surface area contributed by atoms with Gasteiger partial charge >= 0.3 is 5.97 Å². The lowest BCUT2D eigenvalue weighted by Crippen LogP contribution is -2.47. The van der Waals surface area contributed by atoms with Crippen molar-refractivity contribution in [3.05, 3.63) is 66.4 Å². The molecule has 28 heavy (non-hydrogen) atoms. The molecule has 0 spiro atoms. The molecule has 7 heteroatoms. The number of aromatic nitrogens is 1. The molecule has 0 N–H and O–H groups in total. The van der Waals surface area contributed by atoms with Gasteiger partial charge in [-0.15, -0.1) is 0 Å². The lowest BCUT2D eigenvalue weighted by molar-refractivity contribution is -0.148. The molecule has 1 unspecified atom stereocenters. The van der Waals surface area contributed by atoms with Crippen LogP contribution in [0.5, 0.6) is 0 Å². The quantitative estimate of drug-likeness (QED) is 0.625. The Morgan fingerprint density at radius 1 is 1.18 bits per heavy atom.